The van der Waals surface area contributed by atoms with E-state index >= 15 is 0 Å². The number of hydrogen-bond acceptors (Lipinski definition) is 3. The van der Waals surface area contributed by atoms with Gasteiger partial charge in [0.15, 0.2) is 5.82 Å². The molecule has 0 aliphatic heterocycles. The summed E-state index contributed by atoms with van der Waals surface area (Å²) in [5.41, 5.74) is 0.998. The highest BCUT2D eigenvalue weighted by molar-refractivity contribution is 9.08. The van der Waals surface area contributed by atoms with Crippen molar-refractivity contribution in [2.45, 2.75) is 5.33 Å². The van der Waals surface area contributed by atoms with Crippen LogP contribution in [0.25, 0.3) is 11.4 Å². The molecule has 1 aromatic carbocycles. The highest BCUT2D eigenvalue weighted by atomic mass is 79.9. The smallest absolute Gasteiger partial charge is 0.173 e. The second-order valence-corrected chi connectivity index (χ2v) is 4.49. The summed E-state index contributed by atoms with van der Waals surface area (Å²) in [6, 6.07) is 7.52. The van der Waals surface area contributed by atoms with Crippen LogP contribution in [0.1, 0.15) is 5.01 Å². The van der Waals surface area contributed by atoms with Crippen molar-refractivity contribution in [2.24, 2.45) is 0 Å². The summed E-state index contributed by atoms with van der Waals surface area (Å²) in [5.74, 6) is 0.765. The molecule has 0 radical (unpaired) electrons. The Balaban J connectivity index is 2.34. The van der Waals surface area contributed by atoms with E-state index in [1.807, 2.05) is 24.3 Å². The second-order valence-electron chi connectivity index (χ2n) is 2.65. The SMILES string of the molecule is Clc1ccc(-c2nsc(CBr)n2)cc1. The Kier molecular flexibility index (Phi) is 3.15. The van der Waals surface area contributed by atoms with Gasteiger partial charge in [-0.15, -0.1) is 0 Å². The van der Waals surface area contributed by atoms with Gasteiger partial charge in [-0.05, 0) is 35.8 Å². The Morgan fingerprint density at radius 3 is 2.57 bits per heavy atom. The molecule has 2 aromatic rings. The van der Waals surface area contributed by atoms with Crippen molar-refractivity contribution < 1.29 is 0 Å². The molecule has 14 heavy (non-hydrogen) atoms. The van der Waals surface area contributed by atoms with Crippen LogP contribution < -0.4 is 0 Å². The lowest BCUT2D eigenvalue weighted by molar-refractivity contribution is 1.25. The molecule has 0 N–H and O–H groups in total. The Morgan fingerprint density at radius 2 is 2.00 bits per heavy atom. The van der Waals surface area contributed by atoms with Crippen molar-refractivity contribution in [1.29, 1.82) is 0 Å². The normalized spacial score (nSPS) is 10.4. The van der Waals surface area contributed by atoms with Crippen molar-refractivity contribution in [3.63, 3.8) is 0 Å². The molecular weight excluding hydrogens is 284 g/mol. The molecule has 0 saturated heterocycles. The van der Waals surface area contributed by atoms with E-state index in [1.165, 1.54) is 11.5 Å². The van der Waals surface area contributed by atoms with Crippen LogP contribution >= 0.6 is 39.1 Å². The molecule has 0 unspecified atom stereocenters. The largest absolute Gasteiger partial charge is 0.219 e. The Morgan fingerprint density at radius 1 is 1.29 bits per heavy atom. The van der Waals surface area contributed by atoms with E-state index in [2.05, 4.69) is 25.3 Å². The van der Waals surface area contributed by atoms with Crippen molar-refractivity contribution in [3.05, 3.63) is 34.3 Å². The summed E-state index contributed by atoms with van der Waals surface area (Å²) >= 11 is 10.5. The van der Waals surface area contributed by atoms with Gasteiger partial charge in [0.2, 0.25) is 0 Å². The van der Waals surface area contributed by atoms with Crippen LogP contribution in [0.15, 0.2) is 24.3 Å². The summed E-state index contributed by atoms with van der Waals surface area (Å²) in [6.07, 6.45) is 0. The molecule has 1 aromatic heterocycles. The van der Waals surface area contributed by atoms with E-state index in [0.29, 0.717) is 0 Å². The van der Waals surface area contributed by atoms with E-state index < -0.39 is 0 Å². The van der Waals surface area contributed by atoms with Crippen LogP contribution in [-0.2, 0) is 5.33 Å². The number of alkyl halides is 1. The predicted octanol–water partition coefficient (Wildman–Crippen LogP) is 3.75. The zero-order chi connectivity index (χ0) is 9.97. The fourth-order valence-electron chi connectivity index (χ4n) is 1.03. The van der Waals surface area contributed by atoms with Gasteiger partial charge in [0.1, 0.15) is 5.01 Å². The van der Waals surface area contributed by atoms with Gasteiger partial charge in [0.05, 0.1) is 5.33 Å². The van der Waals surface area contributed by atoms with Crippen LogP contribution in [0.5, 0.6) is 0 Å². The molecule has 1 heterocycles. The Hall–Kier alpha value is -0.450. The van der Waals surface area contributed by atoms with E-state index in [9.17, 15) is 0 Å². The van der Waals surface area contributed by atoms with E-state index in [1.54, 1.807) is 0 Å². The lowest BCUT2D eigenvalue weighted by Crippen LogP contribution is -1.80. The van der Waals surface area contributed by atoms with E-state index in [4.69, 9.17) is 11.6 Å². The minimum absolute atomic E-state index is 0.727. The molecule has 5 heteroatoms. The van der Waals surface area contributed by atoms with Gasteiger partial charge in [-0.2, -0.15) is 4.37 Å². The van der Waals surface area contributed by atoms with Crippen molar-refractivity contribution in [2.75, 3.05) is 0 Å². The molecule has 2 rings (SSSR count). The molecule has 72 valence electrons. The average molecular weight is 290 g/mol. The summed E-state index contributed by atoms with van der Waals surface area (Å²) in [5, 5.41) is 2.46. The summed E-state index contributed by atoms with van der Waals surface area (Å²) in [4.78, 5) is 4.35. The van der Waals surface area contributed by atoms with Crippen LogP contribution in [0.2, 0.25) is 5.02 Å². The molecule has 2 nitrogen and oxygen atoms in total. The summed E-state index contributed by atoms with van der Waals surface area (Å²) in [6.45, 7) is 0. The average Bonchev–Trinajstić information content (AvgIpc) is 2.67. The first-order chi connectivity index (χ1) is 6.79. The first kappa shape index (κ1) is 10.1. The molecule has 0 amide bonds. The number of hydrogen-bond donors (Lipinski definition) is 0. The van der Waals surface area contributed by atoms with Crippen LogP contribution in [0.4, 0.5) is 0 Å². The third kappa shape index (κ3) is 2.13. The van der Waals surface area contributed by atoms with E-state index in [-0.39, 0.29) is 0 Å². The highest BCUT2D eigenvalue weighted by Gasteiger charge is 2.04. The van der Waals surface area contributed by atoms with E-state index in [0.717, 1.165) is 26.7 Å². The maximum atomic E-state index is 5.79. The van der Waals surface area contributed by atoms with Crippen molar-refractivity contribution in [1.82, 2.24) is 9.36 Å². The lowest BCUT2D eigenvalue weighted by Gasteiger charge is -1.94. The standard InChI is InChI=1S/C9H6BrClN2S/c10-5-8-12-9(13-14-8)6-1-3-7(11)4-2-6/h1-4H,5H2. The molecule has 0 aliphatic carbocycles. The van der Waals surface area contributed by atoms with Gasteiger partial charge in [0.25, 0.3) is 0 Å². The maximum Gasteiger partial charge on any atom is 0.173 e. The molecule has 0 spiro atoms. The van der Waals surface area contributed by atoms with Gasteiger partial charge in [0, 0.05) is 10.6 Å². The van der Waals surface area contributed by atoms with Crippen molar-refractivity contribution >= 4 is 39.1 Å². The number of benzene rings is 1. The van der Waals surface area contributed by atoms with Crippen molar-refractivity contribution in [3.8, 4) is 11.4 Å². The summed E-state index contributed by atoms with van der Waals surface area (Å²) in [7, 11) is 0. The molecular formula is C9H6BrClN2S. The monoisotopic (exact) mass is 288 g/mol. The molecule has 0 saturated carbocycles. The molecule has 0 fully saturated rings. The summed E-state index contributed by atoms with van der Waals surface area (Å²) < 4.78 is 4.24. The van der Waals surface area contributed by atoms with Gasteiger partial charge in [-0.25, -0.2) is 4.98 Å². The van der Waals surface area contributed by atoms with Gasteiger partial charge < -0.3 is 0 Å². The fraction of sp³-hybridized carbons (Fsp3) is 0.111. The number of aromatic nitrogens is 2. The number of halogens is 2. The molecule has 0 aliphatic rings. The Labute approximate surface area is 99.2 Å². The zero-order valence-corrected chi connectivity index (χ0v) is 10.2. The van der Waals surface area contributed by atoms with Crippen LogP contribution in [0, 0.1) is 0 Å². The van der Waals surface area contributed by atoms with Crippen LogP contribution in [0.3, 0.4) is 0 Å². The third-order valence-corrected chi connectivity index (χ3v) is 3.55. The van der Waals surface area contributed by atoms with Crippen LogP contribution in [-0.4, -0.2) is 9.36 Å². The number of rotatable bonds is 2. The minimum atomic E-state index is 0.727. The second kappa shape index (κ2) is 4.38. The van der Waals surface area contributed by atoms with Gasteiger partial charge >= 0.3 is 0 Å². The maximum absolute atomic E-state index is 5.79. The molecule has 0 bridgehead atoms. The van der Waals surface area contributed by atoms with Gasteiger partial charge in [-0.3, -0.25) is 0 Å². The zero-order valence-electron chi connectivity index (χ0n) is 7.08. The highest BCUT2D eigenvalue weighted by Crippen LogP contribution is 2.21. The predicted molar refractivity (Wildman–Crippen MR) is 63.0 cm³/mol. The Bertz CT molecular complexity index is 427. The first-order valence-electron chi connectivity index (χ1n) is 3.94. The first-order valence-corrected chi connectivity index (χ1v) is 6.21. The minimum Gasteiger partial charge on any atom is -0.219 e. The fourth-order valence-corrected chi connectivity index (χ4v) is 2.10. The quantitative estimate of drug-likeness (QED) is 0.787. The third-order valence-electron chi connectivity index (χ3n) is 1.68. The van der Waals surface area contributed by atoms with Gasteiger partial charge in [-0.1, -0.05) is 27.5 Å². The lowest BCUT2D eigenvalue weighted by atomic mass is 10.2. The topological polar surface area (TPSA) is 25.8 Å². The number of nitrogens with zero attached hydrogens (tertiary/aromatic N) is 2. The molecule has 0 atom stereocenters.